The van der Waals surface area contributed by atoms with Crippen LogP contribution in [-0.4, -0.2) is 30.4 Å². The van der Waals surface area contributed by atoms with E-state index in [9.17, 15) is 0 Å². The van der Waals surface area contributed by atoms with E-state index < -0.39 is 0 Å². The van der Waals surface area contributed by atoms with E-state index in [2.05, 4.69) is 15.0 Å². The van der Waals surface area contributed by atoms with E-state index >= 15 is 0 Å². The quantitative estimate of drug-likeness (QED) is 0.331. The maximum Gasteiger partial charge on any atom is 0.310 e. The Morgan fingerprint density at radius 3 is 3.08 bits per heavy atom. The molecule has 0 saturated heterocycles. The van der Waals surface area contributed by atoms with Gasteiger partial charge in [-0.1, -0.05) is 5.16 Å². The number of nitrogens with two attached hydrogens (primary N) is 1. The summed E-state index contributed by atoms with van der Waals surface area (Å²) in [5.41, 5.74) is 0. The second-order valence-corrected chi connectivity index (χ2v) is 2.67. The number of anilines is 1. The highest BCUT2D eigenvalue weighted by molar-refractivity contribution is 5.37. The maximum absolute atomic E-state index is 8.85. The van der Waals surface area contributed by atoms with E-state index in [1.165, 1.54) is 11.1 Å². The van der Waals surface area contributed by atoms with Crippen LogP contribution < -0.4 is 16.2 Å². The molecule has 0 radical (unpaired) electrons. The van der Waals surface area contributed by atoms with Crippen molar-refractivity contribution in [3.05, 3.63) is 6.07 Å². The average Bonchev–Trinajstić information content (AvgIpc) is 2.52. The zero-order chi connectivity index (χ0) is 9.68. The smallest absolute Gasteiger partial charge is 0.310 e. The van der Waals surface area contributed by atoms with Crippen molar-refractivity contribution < 1.29 is 9.63 Å². The van der Waals surface area contributed by atoms with Crippen LogP contribution >= 0.6 is 0 Å². The molecule has 1 rings (SSSR count). The fourth-order valence-electron chi connectivity index (χ4n) is 0.933. The summed E-state index contributed by atoms with van der Waals surface area (Å²) >= 11 is 0. The molecule has 0 fully saturated rings. The Labute approximate surface area is 76.3 Å². The predicted octanol–water partition coefficient (Wildman–Crippen LogP) is -0.330. The lowest BCUT2D eigenvalue weighted by Gasteiger charge is -2.13. The van der Waals surface area contributed by atoms with Crippen LogP contribution in [0.1, 0.15) is 6.42 Å². The molecule has 0 aromatic carbocycles. The lowest BCUT2D eigenvalue weighted by molar-refractivity contribution is 0.278. The first-order valence-corrected chi connectivity index (χ1v) is 4.06. The van der Waals surface area contributed by atoms with Crippen molar-refractivity contribution in [3.63, 3.8) is 0 Å². The molecule has 0 aliphatic heterocycles. The number of hydrazine groups is 1. The van der Waals surface area contributed by atoms with Gasteiger partial charge in [-0.3, -0.25) is 5.01 Å². The van der Waals surface area contributed by atoms with Gasteiger partial charge in [0.25, 0.3) is 0 Å². The van der Waals surface area contributed by atoms with Crippen LogP contribution in [0.5, 0.6) is 5.95 Å². The van der Waals surface area contributed by atoms with Gasteiger partial charge in [0.05, 0.1) is 6.07 Å². The molecule has 1 aromatic rings. The van der Waals surface area contributed by atoms with E-state index in [-0.39, 0.29) is 5.95 Å². The molecule has 1 aromatic heterocycles. The zero-order valence-electron chi connectivity index (χ0n) is 7.53. The Balaban J connectivity index is 2.35. The SMILES string of the molecule is CNCCCN(N)c1cc(O)on1. The van der Waals surface area contributed by atoms with Crippen LogP contribution in [0.15, 0.2) is 10.6 Å². The number of nitrogens with zero attached hydrogens (tertiary/aromatic N) is 2. The molecule has 74 valence electrons. The third kappa shape index (κ3) is 2.92. The van der Waals surface area contributed by atoms with Gasteiger partial charge in [0.1, 0.15) is 0 Å². The molecule has 0 saturated carbocycles. The Morgan fingerprint density at radius 2 is 2.54 bits per heavy atom. The number of nitrogens with one attached hydrogen (secondary N) is 1. The Kier molecular flexibility index (Phi) is 3.53. The van der Waals surface area contributed by atoms with Gasteiger partial charge >= 0.3 is 5.95 Å². The number of rotatable bonds is 5. The van der Waals surface area contributed by atoms with Gasteiger partial charge in [-0.05, 0) is 20.0 Å². The molecule has 0 spiro atoms. The number of hydrogen-bond acceptors (Lipinski definition) is 6. The minimum Gasteiger partial charge on any atom is -0.479 e. The molecular weight excluding hydrogens is 172 g/mol. The van der Waals surface area contributed by atoms with Crippen molar-refractivity contribution in [3.8, 4) is 5.95 Å². The monoisotopic (exact) mass is 186 g/mol. The predicted molar refractivity (Wildman–Crippen MR) is 48.2 cm³/mol. The second kappa shape index (κ2) is 4.68. The van der Waals surface area contributed by atoms with E-state index in [0.717, 1.165) is 13.0 Å². The summed E-state index contributed by atoms with van der Waals surface area (Å²) in [6, 6.07) is 1.37. The van der Waals surface area contributed by atoms with Crippen molar-refractivity contribution in [1.82, 2.24) is 10.5 Å². The highest BCUT2D eigenvalue weighted by Crippen LogP contribution is 2.16. The molecule has 6 heteroatoms. The maximum atomic E-state index is 8.85. The summed E-state index contributed by atoms with van der Waals surface area (Å²) in [4.78, 5) is 0. The van der Waals surface area contributed by atoms with Crippen molar-refractivity contribution in [1.29, 1.82) is 0 Å². The first-order valence-electron chi connectivity index (χ1n) is 4.06. The fraction of sp³-hybridized carbons (Fsp3) is 0.571. The van der Waals surface area contributed by atoms with Gasteiger partial charge < -0.3 is 14.9 Å². The summed E-state index contributed by atoms with van der Waals surface area (Å²) in [6.07, 6.45) is 0.903. The molecular formula is C7H14N4O2. The van der Waals surface area contributed by atoms with Crippen LogP contribution in [0.25, 0.3) is 0 Å². The third-order valence-corrected chi connectivity index (χ3v) is 1.61. The number of aromatic nitrogens is 1. The van der Waals surface area contributed by atoms with E-state index in [1.807, 2.05) is 7.05 Å². The van der Waals surface area contributed by atoms with Crippen LogP contribution in [0.2, 0.25) is 0 Å². The molecule has 0 unspecified atom stereocenters. The highest BCUT2D eigenvalue weighted by Gasteiger charge is 2.06. The first-order chi connectivity index (χ1) is 6.24. The van der Waals surface area contributed by atoms with Gasteiger partial charge in [-0.25, -0.2) is 5.84 Å². The first kappa shape index (κ1) is 9.82. The molecule has 0 aliphatic carbocycles. The standard InChI is InChI=1S/C7H14N4O2/c1-9-3-2-4-11(8)6-5-7(12)13-10-6/h5,9,12H,2-4,8H2,1H3. The van der Waals surface area contributed by atoms with Crippen molar-refractivity contribution in [2.24, 2.45) is 5.84 Å². The Morgan fingerprint density at radius 1 is 1.77 bits per heavy atom. The summed E-state index contributed by atoms with van der Waals surface area (Å²) in [6.45, 7) is 1.55. The Bertz CT molecular complexity index is 250. The van der Waals surface area contributed by atoms with Crippen molar-refractivity contribution in [2.75, 3.05) is 25.1 Å². The molecule has 6 nitrogen and oxygen atoms in total. The number of hydrogen-bond donors (Lipinski definition) is 3. The van der Waals surface area contributed by atoms with Crippen LogP contribution in [0.4, 0.5) is 5.82 Å². The third-order valence-electron chi connectivity index (χ3n) is 1.61. The van der Waals surface area contributed by atoms with Crippen molar-refractivity contribution in [2.45, 2.75) is 6.42 Å². The van der Waals surface area contributed by atoms with Gasteiger partial charge in [-0.15, -0.1) is 0 Å². The summed E-state index contributed by atoms with van der Waals surface area (Å²) in [5.74, 6) is 5.84. The van der Waals surface area contributed by atoms with Gasteiger partial charge in [0.2, 0.25) is 0 Å². The molecule has 0 aliphatic rings. The normalized spacial score (nSPS) is 10.3. The van der Waals surface area contributed by atoms with Crippen LogP contribution in [-0.2, 0) is 0 Å². The lowest BCUT2D eigenvalue weighted by atomic mass is 10.4. The highest BCUT2D eigenvalue weighted by atomic mass is 16.5. The van der Waals surface area contributed by atoms with Gasteiger partial charge in [0, 0.05) is 6.54 Å². The Hall–Kier alpha value is -1.27. The lowest BCUT2D eigenvalue weighted by Crippen LogP contribution is -2.33. The van der Waals surface area contributed by atoms with E-state index in [1.54, 1.807) is 0 Å². The average molecular weight is 186 g/mol. The minimum absolute atomic E-state index is 0.223. The molecule has 0 bridgehead atoms. The van der Waals surface area contributed by atoms with E-state index in [0.29, 0.717) is 12.4 Å². The summed E-state index contributed by atoms with van der Waals surface area (Å²) in [5, 5.41) is 16.8. The largest absolute Gasteiger partial charge is 0.479 e. The second-order valence-electron chi connectivity index (χ2n) is 2.67. The van der Waals surface area contributed by atoms with Gasteiger partial charge in [0.15, 0.2) is 5.82 Å². The molecule has 1 heterocycles. The molecule has 0 atom stereocenters. The molecule has 0 amide bonds. The summed E-state index contributed by atoms with van der Waals surface area (Å²) in [7, 11) is 1.88. The van der Waals surface area contributed by atoms with Crippen LogP contribution in [0.3, 0.4) is 0 Å². The van der Waals surface area contributed by atoms with Gasteiger partial charge in [-0.2, -0.15) is 0 Å². The summed E-state index contributed by atoms with van der Waals surface area (Å²) < 4.78 is 4.46. The topological polar surface area (TPSA) is 87.5 Å². The minimum atomic E-state index is -0.223. The number of aromatic hydroxyl groups is 1. The zero-order valence-corrected chi connectivity index (χ0v) is 7.53. The van der Waals surface area contributed by atoms with E-state index in [4.69, 9.17) is 10.9 Å². The van der Waals surface area contributed by atoms with Crippen molar-refractivity contribution >= 4 is 5.82 Å². The fourth-order valence-corrected chi connectivity index (χ4v) is 0.933. The van der Waals surface area contributed by atoms with Crippen LogP contribution in [0, 0.1) is 0 Å². The molecule has 4 N–H and O–H groups in total. The molecule has 13 heavy (non-hydrogen) atoms.